The topological polar surface area (TPSA) is 174 Å². The standard InChI is InChI=1S/C30H37ClN4O10/c1-4-43-28(40)30(9-6-10-30)45-23-17-22(32-21-16-19(31)24(42-3)15-18(21)23)26(38)33-20(7-8-25(36)37)27(39)34-11-13-35(14-12-34)29(41)44-5-2/h15-17,20H,4-14H2,1-3H3,(H,33,38)(H,36,37). The molecule has 1 aromatic carbocycles. The fraction of sp³-hybridized carbons (Fsp3) is 0.533. The lowest BCUT2D eigenvalue weighted by molar-refractivity contribution is -0.169. The average Bonchev–Trinajstić information content (AvgIpc) is 3.00. The number of halogens is 1. The predicted octanol–water partition coefficient (Wildman–Crippen LogP) is 3.03. The van der Waals surface area contributed by atoms with Gasteiger partial charge in [0, 0.05) is 44.1 Å². The van der Waals surface area contributed by atoms with E-state index in [-0.39, 0.29) is 74.2 Å². The molecule has 2 heterocycles. The van der Waals surface area contributed by atoms with Gasteiger partial charge in [0.25, 0.3) is 5.91 Å². The molecule has 0 bridgehead atoms. The van der Waals surface area contributed by atoms with Crippen molar-refractivity contribution >= 4 is 52.4 Å². The first-order valence-corrected chi connectivity index (χ1v) is 15.2. The third-order valence-corrected chi connectivity index (χ3v) is 8.05. The van der Waals surface area contributed by atoms with Crippen molar-refractivity contribution < 1.29 is 48.0 Å². The Labute approximate surface area is 264 Å². The summed E-state index contributed by atoms with van der Waals surface area (Å²) in [6.45, 7) is 4.60. The van der Waals surface area contributed by atoms with Crippen LogP contribution in [0.4, 0.5) is 4.79 Å². The summed E-state index contributed by atoms with van der Waals surface area (Å²) in [5.41, 5.74) is -1.11. The zero-order valence-electron chi connectivity index (χ0n) is 25.4. The molecule has 3 amide bonds. The summed E-state index contributed by atoms with van der Waals surface area (Å²) in [7, 11) is 1.44. The van der Waals surface area contributed by atoms with E-state index >= 15 is 0 Å². The zero-order valence-corrected chi connectivity index (χ0v) is 26.2. The first-order valence-electron chi connectivity index (χ1n) is 14.8. The average molecular weight is 649 g/mol. The van der Waals surface area contributed by atoms with E-state index in [2.05, 4.69) is 10.3 Å². The highest BCUT2D eigenvalue weighted by Crippen LogP contribution is 2.42. The highest BCUT2D eigenvalue weighted by molar-refractivity contribution is 6.32. The zero-order chi connectivity index (χ0) is 32.7. The number of piperazine rings is 1. The number of nitrogens with zero attached hydrogens (tertiary/aromatic N) is 3. The fourth-order valence-corrected chi connectivity index (χ4v) is 5.41. The Kier molecular flexibility index (Phi) is 10.9. The molecular weight excluding hydrogens is 612 g/mol. The number of hydrogen-bond donors (Lipinski definition) is 2. The van der Waals surface area contributed by atoms with Gasteiger partial charge in [0.1, 0.15) is 23.2 Å². The fourth-order valence-electron chi connectivity index (χ4n) is 5.17. The van der Waals surface area contributed by atoms with Crippen LogP contribution in [0.1, 0.15) is 56.4 Å². The van der Waals surface area contributed by atoms with Gasteiger partial charge in [-0.05, 0) is 51.7 Å². The van der Waals surface area contributed by atoms with Crippen LogP contribution in [0.3, 0.4) is 0 Å². The maximum Gasteiger partial charge on any atom is 0.409 e. The van der Waals surface area contributed by atoms with Crippen LogP contribution in [-0.4, -0.2) is 108 Å². The minimum Gasteiger partial charge on any atom is -0.495 e. The van der Waals surface area contributed by atoms with Crippen LogP contribution in [0.25, 0.3) is 10.9 Å². The highest BCUT2D eigenvalue weighted by atomic mass is 35.5. The molecule has 1 saturated heterocycles. The number of amides is 3. The number of carboxylic acids is 1. The van der Waals surface area contributed by atoms with Gasteiger partial charge in [-0.3, -0.25) is 14.4 Å². The number of benzene rings is 1. The van der Waals surface area contributed by atoms with Crippen LogP contribution in [0.2, 0.25) is 5.02 Å². The molecular formula is C30H37ClN4O10. The number of methoxy groups -OCH3 is 1. The van der Waals surface area contributed by atoms with E-state index < -0.39 is 41.5 Å². The van der Waals surface area contributed by atoms with Gasteiger partial charge in [0.05, 0.1) is 30.9 Å². The van der Waals surface area contributed by atoms with Gasteiger partial charge in [-0.2, -0.15) is 0 Å². The first-order chi connectivity index (χ1) is 21.5. The molecule has 1 atom stereocenters. The van der Waals surface area contributed by atoms with Crippen molar-refractivity contribution in [2.24, 2.45) is 0 Å². The van der Waals surface area contributed by atoms with Crippen LogP contribution in [-0.2, 0) is 23.9 Å². The van der Waals surface area contributed by atoms with E-state index in [0.717, 1.165) is 6.42 Å². The van der Waals surface area contributed by atoms with Crippen LogP contribution < -0.4 is 14.8 Å². The number of carboxylic acid groups (broad SMARTS) is 1. The quantitative estimate of drug-likeness (QED) is 0.324. The molecule has 45 heavy (non-hydrogen) atoms. The van der Waals surface area contributed by atoms with Crippen molar-refractivity contribution in [2.45, 2.75) is 57.6 Å². The Bertz CT molecular complexity index is 1460. The maximum absolute atomic E-state index is 13.6. The minimum absolute atomic E-state index is 0.141. The Morgan fingerprint density at radius 1 is 1.00 bits per heavy atom. The van der Waals surface area contributed by atoms with Gasteiger partial charge < -0.3 is 39.2 Å². The van der Waals surface area contributed by atoms with E-state index in [9.17, 15) is 29.1 Å². The number of esters is 1. The molecule has 2 fully saturated rings. The summed E-state index contributed by atoms with van der Waals surface area (Å²) in [4.78, 5) is 70.8. The van der Waals surface area contributed by atoms with Crippen molar-refractivity contribution in [1.82, 2.24) is 20.1 Å². The van der Waals surface area contributed by atoms with Crippen LogP contribution in [0.15, 0.2) is 18.2 Å². The van der Waals surface area contributed by atoms with E-state index in [0.29, 0.717) is 24.0 Å². The molecule has 4 rings (SSSR count). The Hall–Kier alpha value is -4.33. The van der Waals surface area contributed by atoms with Crippen molar-refractivity contribution in [2.75, 3.05) is 46.5 Å². The summed E-state index contributed by atoms with van der Waals surface area (Å²) in [5.74, 6) is -2.42. The van der Waals surface area contributed by atoms with Gasteiger partial charge in [-0.1, -0.05) is 11.6 Å². The molecule has 1 aromatic heterocycles. The molecule has 0 radical (unpaired) electrons. The molecule has 1 unspecified atom stereocenters. The molecule has 14 nitrogen and oxygen atoms in total. The molecule has 244 valence electrons. The number of fused-ring (bicyclic) bond motifs is 1. The molecule has 2 aliphatic rings. The van der Waals surface area contributed by atoms with Gasteiger partial charge >= 0.3 is 18.0 Å². The van der Waals surface area contributed by atoms with Crippen molar-refractivity contribution in [3.8, 4) is 11.5 Å². The molecule has 1 saturated carbocycles. The van der Waals surface area contributed by atoms with Crippen LogP contribution in [0.5, 0.6) is 11.5 Å². The number of ether oxygens (including phenoxy) is 4. The minimum atomic E-state index is -1.24. The lowest BCUT2D eigenvalue weighted by Gasteiger charge is -2.39. The molecule has 1 aliphatic heterocycles. The predicted molar refractivity (Wildman–Crippen MR) is 160 cm³/mol. The van der Waals surface area contributed by atoms with Crippen LogP contribution >= 0.6 is 11.6 Å². The second-order valence-corrected chi connectivity index (χ2v) is 11.1. The Morgan fingerprint density at radius 3 is 2.24 bits per heavy atom. The summed E-state index contributed by atoms with van der Waals surface area (Å²) >= 11 is 6.36. The van der Waals surface area contributed by atoms with Crippen LogP contribution in [0, 0.1) is 0 Å². The van der Waals surface area contributed by atoms with Gasteiger partial charge in [-0.25, -0.2) is 14.6 Å². The summed E-state index contributed by atoms with van der Waals surface area (Å²) in [6.07, 6.45) is 0.533. The highest BCUT2D eigenvalue weighted by Gasteiger charge is 2.48. The van der Waals surface area contributed by atoms with E-state index in [4.69, 9.17) is 30.5 Å². The summed E-state index contributed by atoms with van der Waals surface area (Å²) in [5, 5.41) is 12.6. The molecule has 1 aliphatic carbocycles. The third kappa shape index (κ3) is 7.67. The van der Waals surface area contributed by atoms with E-state index in [1.807, 2.05) is 0 Å². The first kappa shape index (κ1) is 33.6. The smallest absolute Gasteiger partial charge is 0.409 e. The van der Waals surface area contributed by atoms with Crippen molar-refractivity contribution in [1.29, 1.82) is 0 Å². The lowest BCUT2D eigenvalue weighted by Crippen LogP contribution is -2.56. The number of rotatable bonds is 12. The normalized spacial score (nSPS) is 16.3. The van der Waals surface area contributed by atoms with Gasteiger partial charge in [0.15, 0.2) is 0 Å². The lowest BCUT2D eigenvalue weighted by atomic mass is 9.80. The molecule has 15 heteroatoms. The summed E-state index contributed by atoms with van der Waals surface area (Å²) in [6, 6.07) is 3.25. The van der Waals surface area contributed by atoms with Crippen molar-refractivity contribution in [3.05, 3.63) is 28.9 Å². The number of carbonyl (C=O) groups is 5. The van der Waals surface area contributed by atoms with Crippen molar-refractivity contribution in [3.63, 3.8) is 0 Å². The maximum atomic E-state index is 13.6. The number of carbonyl (C=O) groups excluding carboxylic acids is 4. The Morgan fingerprint density at radius 2 is 1.67 bits per heavy atom. The second-order valence-electron chi connectivity index (χ2n) is 10.6. The molecule has 2 N–H and O–H groups in total. The molecule has 0 spiro atoms. The number of hydrogen-bond acceptors (Lipinski definition) is 10. The number of aliphatic carboxylic acids is 1. The number of pyridine rings is 1. The van der Waals surface area contributed by atoms with E-state index in [1.54, 1.807) is 19.9 Å². The monoisotopic (exact) mass is 648 g/mol. The third-order valence-electron chi connectivity index (χ3n) is 7.76. The number of aromatic nitrogens is 1. The summed E-state index contributed by atoms with van der Waals surface area (Å²) < 4.78 is 21.9. The van der Waals surface area contributed by atoms with E-state index in [1.165, 1.54) is 29.0 Å². The number of nitrogens with one attached hydrogen (secondary N) is 1. The molecule has 2 aromatic rings. The Balaban J connectivity index is 1.62. The van der Waals surface area contributed by atoms with Gasteiger partial charge in [-0.15, -0.1) is 0 Å². The second kappa shape index (κ2) is 14.6. The largest absolute Gasteiger partial charge is 0.495 e. The van der Waals surface area contributed by atoms with Gasteiger partial charge in [0.2, 0.25) is 11.5 Å². The SMILES string of the molecule is CCOC(=O)N1CCN(C(=O)C(CCC(=O)O)NC(=O)c2cc(OC3(C(=O)OCC)CCC3)c3cc(OC)c(Cl)cc3n2)CC1.